The van der Waals surface area contributed by atoms with E-state index < -0.39 is 17.6 Å². The van der Waals surface area contributed by atoms with Gasteiger partial charge in [-0.1, -0.05) is 48.1 Å². The lowest BCUT2D eigenvalue weighted by molar-refractivity contribution is -0.177. The molecule has 2 aliphatic carbocycles. The monoisotopic (exact) mass is 434 g/mol. The summed E-state index contributed by atoms with van der Waals surface area (Å²) in [6.07, 6.45) is 1.56. The predicted molar refractivity (Wildman–Crippen MR) is 116 cm³/mol. The molecule has 6 nitrogen and oxygen atoms in total. The van der Waals surface area contributed by atoms with Gasteiger partial charge < -0.3 is 14.2 Å². The lowest BCUT2D eigenvalue weighted by atomic mass is 9.61. The maximum atomic E-state index is 13.1. The van der Waals surface area contributed by atoms with Gasteiger partial charge in [0.25, 0.3) is 0 Å². The van der Waals surface area contributed by atoms with Crippen LogP contribution in [0.4, 0.5) is 0 Å². The molecule has 0 aromatic carbocycles. The topological polar surface area (TPSA) is 78.9 Å². The van der Waals surface area contributed by atoms with E-state index in [0.29, 0.717) is 24.8 Å². The molecule has 1 saturated heterocycles. The molecule has 2 saturated carbocycles. The van der Waals surface area contributed by atoms with Crippen molar-refractivity contribution < 1.29 is 28.6 Å². The maximum Gasteiger partial charge on any atom is 0.320 e. The van der Waals surface area contributed by atoms with E-state index in [1.165, 1.54) is 0 Å². The van der Waals surface area contributed by atoms with Gasteiger partial charge in [0.05, 0.1) is 0 Å². The van der Waals surface area contributed by atoms with Crippen LogP contribution in [0.2, 0.25) is 0 Å². The summed E-state index contributed by atoms with van der Waals surface area (Å²) in [6.45, 7) is 16.5. The minimum atomic E-state index is -1.06. The number of hydrogen-bond acceptors (Lipinski definition) is 6. The van der Waals surface area contributed by atoms with Crippen LogP contribution in [-0.2, 0) is 28.6 Å². The van der Waals surface area contributed by atoms with Crippen LogP contribution in [0, 0.1) is 34.5 Å². The first-order valence-electron chi connectivity index (χ1n) is 11.7. The van der Waals surface area contributed by atoms with E-state index >= 15 is 0 Å². The second-order valence-corrected chi connectivity index (χ2v) is 11.0. The van der Waals surface area contributed by atoms with Crippen molar-refractivity contribution in [1.82, 2.24) is 0 Å². The van der Waals surface area contributed by atoms with Gasteiger partial charge in [0.2, 0.25) is 0 Å². The Balaban J connectivity index is 2.01. The van der Waals surface area contributed by atoms with Crippen LogP contribution in [0.15, 0.2) is 12.2 Å². The standard InChI is InChI=1S/C25H38O6/c1-14(2)10-19(26)30-18-9-8-16(5)24(7)13-25(17(6)12-29-23(25)28)22(21(18)24)31-20(27)11-15(3)4/h14-16,18,21-22H,6,8-13H2,1-5,7H3/t16-,18-,21+,22+,24+,25+/m0/s1. The smallest absolute Gasteiger partial charge is 0.320 e. The Morgan fingerprint density at radius 1 is 1.10 bits per heavy atom. The summed E-state index contributed by atoms with van der Waals surface area (Å²) in [5, 5.41) is 0. The predicted octanol–water partition coefficient (Wildman–Crippen LogP) is 4.46. The second-order valence-electron chi connectivity index (χ2n) is 11.0. The summed E-state index contributed by atoms with van der Waals surface area (Å²) in [5.74, 6) is -0.592. The maximum absolute atomic E-state index is 13.1. The van der Waals surface area contributed by atoms with Gasteiger partial charge in [0.1, 0.15) is 24.2 Å². The molecule has 6 heteroatoms. The van der Waals surface area contributed by atoms with Crippen molar-refractivity contribution in [1.29, 1.82) is 0 Å². The number of hydrogen-bond donors (Lipinski definition) is 0. The van der Waals surface area contributed by atoms with Gasteiger partial charge >= 0.3 is 17.9 Å². The van der Waals surface area contributed by atoms with Crippen LogP contribution in [0.3, 0.4) is 0 Å². The average Bonchev–Trinajstić information content (AvgIpc) is 3.07. The van der Waals surface area contributed by atoms with Gasteiger partial charge in [0, 0.05) is 18.8 Å². The fourth-order valence-electron chi connectivity index (χ4n) is 5.97. The first-order chi connectivity index (χ1) is 14.4. The van der Waals surface area contributed by atoms with Crippen LogP contribution in [-0.4, -0.2) is 36.7 Å². The Bertz CT molecular complexity index is 737. The summed E-state index contributed by atoms with van der Waals surface area (Å²) < 4.78 is 17.5. The minimum absolute atomic E-state index is 0.139. The molecule has 0 bridgehead atoms. The first kappa shape index (κ1) is 23.8. The van der Waals surface area contributed by atoms with Gasteiger partial charge in [-0.2, -0.15) is 0 Å². The molecule has 0 aromatic heterocycles. The minimum Gasteiger partial charge on any atom is -0.462 e. The molecular weight excluding hydrogens is 396 g/mol. The highest BCUT2D eigenvalue weighted by atomic mass is 16.6. The van der Waals surface area contributed by atoms with Crippen molar-refractivity contribution in [3.63, 3.8) is 0 Å². The molecule has 1 spiro atoms. The second kappa shape index (κ2) is 8.59. The van der Waals surface area contributed by atoms with E-state index in [4.69, 9.17) is 14.2 Å². The summed E-state index contributed by atoms with van der Waals surface area (Å²) in [4.78, 5) is 38.5. The van der Waals surface area contributed by atoms with Crippen molar-refractivity contribution in [3.8, 4) is 0 Å². The van der Waals surface area contributed by atoms with Gasteiger partial charge in [-0.25, -0.2) is 0 Å². The third-order valence-electron chi connectivity index (χ3n) is 7.71. The van der Waals surface area contributed by atoms with Gasteiger partial charge in [0.15, 0.2) is 0 Å². The normalized spacial score (nSPS) is 37.3. The summed E-state index contributed by atoms with van der Waals surface area (Å²) >= 11 is 0. The number of carbonyl (C=O) groups excluding carboxylic acids is 3. The largest absolute Gasteiger partial charge is 0.462 e. The SMILES string of the molecule is C=C1COC(=O)[C@]12C[C@@]1(C)[C@H]([C@@H](OC(=O)CC(C)C)CC[C@@H]1C)[C@H]2OC(=O)CC(C)C. The third kappa shape index (κ3) is 4.14. The molecule has 1 heterocycles. The van der Waals surface area contributed by atoms with Crippen LogP contribution in [0.1, 0.15) is 73.6 Å². The lowest BCUT2D eigenvalue weighted by Crippen LogP contribution is -2.50. The van der Waals surface area contributed by atoms with Crippen molar-refractivity contribution in [2.75, 3.05) is 6.61 Å². The quantitative estimate of drug-likeness (QED) is 0.349. The van der Waals surface area contributed by atoms with Crippen molar-refractivity contribution >= 4 is 17.9 Å². The molecule has 31 heavy (non-hydrogen) atoms. The van der Waals surface area contributed by atoms with Gasteiger partial charge in [-0.05, 0) is 48.0 Å². The number of cyclic esters (lactones) is 1. The molecular formula is C25H38O6. The number of esters is 3. The first-order valence-corrected chi connectivity index (χ1v) is 11.7. The van der Waals surface area contributed by atoms with E-state index in [1.807, 2.05) is 27.7 Å². The Morgan fingerprint density at radius 3 is 2.19 bits per heavy atom. The van der Waals surface area contributed by atoms with E-state index in [-0.39, 0.29) is 60.0 Å². The fourth-order valence-corrected chi connectivity index (χ4v) is 5.97. The van der Waals surface area contributed by atoms with Crippen LogP contribution >= 0.6 is 0 Å². The van der Waals surface area contributed by atoms with Crippen LogP contribution < -0.4 is 0 Å². The zero-order chi connectivity index (χ0) is 23.1. The number of fused-ring (bicyclic) bond motifs is 1. The highest BCUT2D eigenvalue weighted by Gasteiger charge is 2.72. The Kier molecular flexibility index (Phi) is 6.60. The van der Waals surface area contributed by atoms with Crippen molar-refractivity contribution in [2.24, 2.45) is 34.5 Å². The summed E-state index contributed by atoms with van der Waals surface area (Å²) in [7, 11) is 0. The Morgan fingerprint density at radius 2 is 1.68 bits per heavy atom. The molecule has 3 fully saturated rings. The molecule has 3 rings (SSSR count). The van der Waals surface area contributed by atoms with Crippen LogP contribution in [0.5, 0.6) is 0 Å². The summed E-state index contributed by atoms with van der Waals surface area (Å²) in [6, 6.07) is 0. The molecule has 0 radical (unpaired) electrons. The number of rotatable bonds is 6. The third-order valence-corrected chi connectivity index (χ3v) is 7.71. The molecule has 1 aliphatic heterocycles. The van der Waals surface area contributed by atoms with Gasteiger partial charge in [-0.3, -0.25) is 14.4 Å². The fraction of sp³-hybridized carbons (Fsp3) is 0.800. The molecule has 0 amide bonds. The molecule has 0 N–H and O–H groups in total. The number of carbonyl (C=O) groups is 3. The van der Waals surface area contributed by atoms with E-state index in [1.54, 1.807) is 0 Å². The lowest BCUT2D eigenvalue weighted by Gasteiger charge is -2.46. The molecule has 3 aliphatic rings. The van der Waals surface area contributed by atoms with Gasteiger partial charge in [-0.15, -0.1) is 0 Å². The molecule has 0 unspecified atom stereocenters. The zero-order valence-electron chi connectivity index (χ0n) is 19.9. The van der Waals surface area contributed by atoms with E-state index in [9.17, 15) is 14.4 Å². The highest BCUT2D eigenvalue weighted by Crippen LogP contribution is 2.66. The zero-order valence-corrected chi connectivity index (χ0v) is 19.9. The Hall–Kier alpha value is -1.85. The Labute approximate surface area is 186 Å². The average molecular weight is 435 g/mol. The highest BCUT2D eigenvalue weighted by molar-refractivity contribution is 5.86. The molecule has 6 atom stereocenters. The van der Waals surface area contributed by atoms with Crippen molar-refractivity contribution in [3.05, 3.63) is 12.2 Å². The number of ether oxygens (including phenoxy) is 3. The molecule has 174 valence electrons. The van der Waals surface area contributed by atoms with Crippen molar-refractivity contribution in [2.45, 2.75) is 85.9 Å². The summed E-state index contributed by atoms with van der Waals surface area (Å²) in [5.41, 5.74) is -0.737. The molecule has 0 aromatic rings. The van der Waals surface area contributed by atoms with Crippen LogP contribution in [0.25, 0.3) is 0 Å². The van der Waals surface area contributed by atoms with E-state index in [0.717, 1.165) is 6.42 Å². The van der Waals surface area contributed by atoms with E-state index in [2.05, 4.69) is 20.4 Å².